The minimum Gasteiger partial charge on any atom is -0.310 e. The zero-order valence-electron chi connectivity index (χ0n) is 33.1. The van der Waals surface area contributed by atoms with Gasteiger partial charge in [-0.15, -0.1) is 0 Å². The Kier molecular flexibility index (Phi) is 7.43. The molecule has 0 aromatic heterocycles. The fraction of sp³-hybridized carbons (Fsp3) is 0.0526. The van der Waals surface area contributed by atoms with Crippen molar-refractivity contribution in [2.45, 2.75) is 15.2 Å². The lowest BCUT2D eigenvalue weighted by Gasteiger charge is -2.34. The molecule has 59 heavy (non-hydrogen) atoms. The quantitative estimate of drug-likeness (QED) is 0.158. The Morgan fingerprint density at radius 3 is 1.41 bits per heavy atom. The summed E-state index contributed by atoms with van der Waals surface area (Å²) in [5, 5.41) is 7.68. The standard InChI is InChI=1S/C57H41NS/c1-59(2)55-27-15-12-24-50(55)51-35-33-42(37-56(51)59)58(41-32-34-47-45-20-7-6-18-43(45)44-19-8-9-21-46(44)52(47)36-41)40-30-28-39(29-31-40)57(38-16-4-3-5-17-38)53-25-13-10-22-48(53)49-23-11-14-26-54(49)57/h3-37H,1-2H3. The zero-order valence-corrected chi connectivity index (χ0v) is 33.9. The van der Waals surface area contributed by atoms with Crippen LogP contribution >= 0.6 is 10.0 Å². The van der Waals surface area contributed by atoms with Crippen molar-refractivity contribution in [2.75, 3.05) is 17.4 Å². The van der Waals surface area contributed by atoms with Crippen molar-refractivity contribution >= 4 is 59.4 Å². The molecule has 0 bridgehead atoms. The van der Waals surface area contributed by atoms with Crippen molar-refractivity contribution in [3.63, 3.8) is 0 Å². The number of fused-ring (bicyclic) bond motifs is 12. The van der Waals surface area contributed by atoms with Gasteiger partial charge in [0.2, 0.25) is 0 Å². The van der Waals surface area contributed by atoms with E-state index in [1.54, 1.807) is 0 Å². The molecule has 2 heteroatoms. The van der Waals surface area contributed by atoms with E-state index < -0.39 is 15.4 Å². The summed E-state index contributed by atoms with van der Waals surface area (Å²) >= 11 is 0. The van der Waals surface area contributed by atoms with Gasteiger partial charge in [-0.2, -0.15) is 10.0 Å². The molecule has 1 aliphatic heterocycles. The van der Waals surface area contributed by atoms with E-state index in [-0.39, 0.29) is 0 Å². The second-order valence-electron chi connectivity index (χ2n) is 16.4. The molecule has 0 spiro atoms. The molecule has 10 aromatic rings. The molecular weight excluding hydrogens is 731 g/mol. The van der Waals surface area contributed by atoms with E-state index in [9.17, 15) is 0 Å². The summed E-state index contributed by atoms with van der Waals surface area (Å²) in [5.74, 6) is 0. The van der Waals surface area contributed by atoms with E-state index >= 15 is 0 Å². The van der Waals surface area contributed by atoms with Crippen molar-refractivity contribution in [3.8, 4) is 22.3 Å². The Morgan fingerprint density at radius 2 is 0.763 bits per heavy atom. The lowest BCUT2D eigenvalue weighted by atomic mass is 9.68. The molecule has 0 saturated heterocycles. The molecule has 0 unspecified atom stereocenters. The van der Waals surface area contributed by atoms with Crippen LogP contribution in [0, 0.1) is 0 Å². The van der Waals surface area contributed by atoms with Gasteiger partial charge in [0.15, 0.2) is 0 Å². The van der Waals surface area contributed by atoms with Crippen molar-refractivity contribution in [1.82, 2.24) is 0 Å². The van der Waals surface area contributed by atoms with Crippen LogP contribution in [0.3, 0.4) is 0 Å². The maximum Gasteiger partial charge on any atom is 0.0713 e. The summed E-state index contributed by atoms with van der Waals surface area (Å²) in [6, 6.07) is 79.5. The number of benzene rings is 10. The van der Waals surface area contributed by atoms with E-state index in [0.29, 0.717) is 0 Å². The Hall–Kier alpha value is -6.87. The molecule has 0 radical (unpaired) electrons. The minimum absolute atomic E-state index is 0.451. The number of anilines is 3. The summed E-state index contributed by atoms with van der Waals surface area (Å²) < 4.78 is 0. The third-order valence-electron chi connectivity index (χ3n) is 13.2. The third-order valence-corrected chi connectivity index (χ3v) is 16.1. The highest BCUT2D eigenvalue weighted by atomic mass is 32.3. The molecule has 0 N–H and O–H groups in total. The molecule has 2 aliphatic rings. The van der Waals surface area contributed by atoms with Gasteiger partial charge in [0.1, 0.15) is 0 Å². The first-order valence-electron chi connectivity index (χ1n) is 20.5. The zero-order chi connectivity index (χ0) is 39.3. The molecule has 0 amide bonds. The van der Waals surface area contributed by atoms with Crippen LogP contribution in [-0.2, 0) is 5.41 Å². The smallest absolute Gasteiger partial charge is 0.0713 e. The second-order valence-corrected chi connectivity index (χ2v) is 19.9. The van der Waals surface area contributed by atoms with Crippen LogP contribution in [0.5, 0.6) is 0 Å². The lowest BCUT2D eigenvalue weighted by Crippen LogP contribution is -2.28. The maximum atomic E-state index is 2.48. The van der Waals surface area contributed by atoms with Gasteiger partial charge in [0, 0.05) is 26.9 Å². The van der Waals surface area contributed by atoms with Crippen molar-refractivity contribution < 1.29 is 0 Å². The number of nitrogens with zero attached hydrogens (tertiary/aromatic N) is 1. The SMILES string of the molecule is CS1(C)c2ccccc2-c2ccc(N(c3ccc(C4(c5ccccc5)c5ccccc5-c5ccccc54)cc3)c3ccc4c5ccccc5c5ccccc5c4c3)cc21. The largest absolute Gasteiger partial charge is 0.310 e. The monoisotopic (exact) mass is 771 g/mol. The number of hydrogen-bond acceptors (Lipinski definition) is 1. The van der Waals surface area contributed by atoms with Crippen LogP contribution in [0.1, 0.15) is 22.3 Å². The van der Waals surface area contributed by atoms with Crippen molar-refractivity contribution in [3.05, 3.63) is 235 Å². The molecular formula is C57H41NS. The van der Waals surface area contributed by atoms with Crippen LogP contribution in [0.4, 0.5) is 17.1 Å². The Balaban J connectivity index is 1.09. The van der Waals surface area contributed by atoms with Crippen LogP contribution in [0.15, 0.2) is 222 Å². The molecule has 1 nitrogen and oxygen atoms in total. The van der Waals surface area contributed by atoms with Gasteiger partial charge in [-0.3, -0.25) is 0 Å². The van der Waals surface area contributed by atoms with Crippen molar-refractivity contribution in [2.24, 2.45) is 0 Å². The molecule has 0 atom stereocenters. The topological polar surface area (TPSA) is 3.24 Å². The highest BCUT2D eigenvalue weighted by Crippen LogP contribution is 2.68. The summed E-state index contributed by atoms with van der Waals surface area (Å²) in [4.78, 5) is 5.39. The van der Waals surface area contributed by atoms with Gasteiger partial charge in [-0.05, 0) is 132 Å². The van der Waals surface area contributed by atoms with Gasteiger partial charge in [-0.25, -0.2) is 0 Å². The first-order chi connectivity index (χ1) is 29.0. The Morgan fingerprint density at radius 1 is 0.322 bits per heavy atom. The van der Waals surface area contributed by atoms with E-state index in [1.807, 2.05) is 0 Å². The van der Waals surface area contributed by atoms with Crippen LogP contribution in [-0.4, -0.2) is 12.5 Å². The van der Waals surface area contributed by atoms with Crippen LogP contribution in [0.25, 0.3) is 54.6 Å². The van der Waals surface area contributed by atoms with Gasteiger partial charge in [0.25, 0.3) is 0 Å². The summed E-state index contributed by atoms with van der Waals surface area (Å²) in [5.41, 5.74) is 13.5. The van der Waals surface area contributed by atoms with E-state index in [1.165, 1.54) is 92.3 Å². The van der Waals surface area contributed by atoms with Gasteiger partial charge in [0.05, 0.1) is 5.41 Å². The first-order valence-corrected chi connectivity index (χ1v) is 22.9. The maximum absolute atomic E-state index is 2.48. The van der Waals surface area contributed by atoms with Gasteiger partial charge < -0.3 is 4.90 Å². The molecule has 10 aromatic carbocycles. The summed E-state index contributed by atoms with van der Waals surface area (Å²) in [7, 11) is -1.21. The normalized spacial score (nSPS) is 14.7. The molecule has 1 heterocycles. The highest BCUT2D eigenvalue weighted by Gasteiger charge is 2.46. The van der Waals surface area contributed by atoms with Gasteiger partial charge in [-0.1, -0.05) is 170 Å². The number of rotatable bonds is 5. The fourth-order valence-corrected chi connectivity index (χ4v) is 13.1. The predicted molar refractivity (Wildman–Crippen MR) is 252 cm³/mol. The summed E-state index contributed by atoms with van der Waals surface area (Å²) in [6.07, 6.45) is 4.91. The van der Waals surface area contributed by atoms with Crippen LogP contribution < -0.4 is 4.90 Å². The molecule has 12 rings (SSSR count). The van der Waals surface area contributed by atoms with Crippen molar-refractivity contribution in [1.29, 1.82) is 0 Å². The molecule has 1 aliphatic carbocycles. The molecule has 280 valence electrons. The third kappa shape index (κ3) is 4.81. The van der Waals surface area contributed by atoms with Gasteiger partial charge >= 0.3 is 0 Å². The average molecular weight is 772 g/mol. The Bertz CT molecular complexity index is 3230. The average Bonchev–Trinajstić information content (AvgIpc) is 3.73. The predicted octanol–water partition coefficient (Wildman–Crippen LogP) is 15.4. The molecule has 0 fully saturated rings. The lowest BCUT2D eigenvalue weighted by molar-refractivity contribution is 0.768. The van der Waals surface area contributed by atoms with E-state index in [4.69, 9.17) is 0 Å². The minimum atomic E-state index is -1.21. The second kappa shape index (κ2) is 12.8. The summed E-state index contributed by atoms with van der Waals surface area (Å²) in [6.45, 7) is 0. The van der Waals surface area contributed by atoms with E-state index in [2.05, 4.69) is 230 Å². The highest BCUT2D eigenvalue weighted by molar-refractivity contribution is 8.33. The van der Waals surface area contributed by atoms with E-state index in [0.717, 1.165) is 11.4 Å². The first kappa shape index (κ1) is 34.2. The fourth-order valence-electron chi connectivity index (χ4n) is 10.6. The number of hydrogen-bond donors (Lipinski definition) is 0. The molecule has 0 saturated carbocycles. The Labute approximate surface area is 347 Å². The van der Waals surface area contributed by atoms with Crippen LogP contribution in [0.2, 0.25) is 0 Å².